The average Bonchev–Trinajstić information content (AvgIpc) is 2.69. The van der Waals surface area contributed by atoms with Crippen LogP contribution in [-0.4, -0.2) is 29.1 Å². The van der Waals surface area contributed by atoms with Crippen LogP contribution in [0.5, 0.6) is 0 Å². The summed E-state index contributed by atoms with van der Waals surface area (Å²) in [6, 6.07) is 1.52. The third-order valence-corrected chi connectivity index (χ3v) is 6.33. The molecule has 0 spiro atoms. The Morgan fingerprint density at radius 2 is 1.90 bits per heavy atom. The first-order valence-corrected chi connectivity index (χ1v) is 9.02. The largest absolute Gasteiger partial charge is 0.329 e. The molecule has 2 N–H and O–H groups in total. The SMILES string of the molecule is CCC1CCC(C)N1C1(CN)CCCC(C(C)C)CC1. The monoisotopic (exact) mass is 280 g/mol. The van der Waals surface area contributed by atoms with Crippen LogP contribution in [0.3, 0.4) is 0 Å². The normalized spacial score (nSPS) is 40.2. The summed E-state index contributed by atoms with van der Waals surface area (Å²) in [5, 5.41) is 0. The van der Waals surface area contributed by atoms with Gasteiger partial charge in [0, 0.05) is 24.2 Å². The van der Waals surface area contributed by atoms with E-state index in [9.17, 15) is 0 Å². The molecule has 0 bridgehead atoms. The minimum absolute atomic E-state index is 0.306. The molecule has 20 heavy (non-hydrogen) atoms. The second-order valence-corrected chi connectivity index (χ2v) is 7.76. The van der Waals surface area contributed by atoms with Crippen molar-refractivity contribution in [3.05, 3.63) is 0 Å². The van der Waals surface area contributed by atoms with Crippen molar-refractivity contribution in [3.8, 4) is 0 Å². The Morgan fingerprint density at radius 1 is 1.15 bits per heavy atom. The lowest BCUT2D eigenvalue weighted by Gasteiger charge is -2.47. The van der Waals surface area contributed by atoms with Crippen LogP contribution in [0.15, 0.2) is 0 Å². The molecule has 1 aliphatic heterocycles. The van der Waals surface area contributed by atoms with Crippen molar-refractivity contribution in [3.63, 3.8) is 0 Å². The van der Waals surface area contributed by atoms with E-state index in [4.69, 9.17) is 5.73 Å². The predicted molar refractivity (Wildman–Crippen MR) is 87.8 cm³/mol. The van der Waals surface area contributed by atoms with Crippen molar-refractivity contribution in [1.82, 2.24) is 4.90 Å². The molecular weight excluding hydrogens is 244 g/mol. The van der Waals surface area contributed by atoms with Gasteiger partial charge in [0.15, 0.2) is 0 Å². The second-order valence-electron chi connectivity index (χ2n) is 7.76. The molecule has 0 radical (unpaired) electrons. The summed E-state index contributed by atoms with van der Waals surface area (Å²) < 4.78 is 0. The third-order valence-electron chi connectivity index (χ3n) is 6.33. The van der Waals surface area contributed by atoms with Gasteiger partial charge in [-0.25, -0.2) is 0 Å². The Hall–Kier alpha value is -0.0800. The first-order chi connectivity index (χ1) is 9.54. The summed E-state index contributed by atoms with van der Waals surface area (Å²) in [5.41, 5.74) is 6.65. The summed E-state index contributed by atoms with van der Waals surface area (Å²) in [6.45, 7) is 10.4. The molecule has 0 aromatic carbocycles. The van der Waals surface area contributed by atoms with Crippen LogP contribution in [0, 0.1) is 11.8 Å². The fourth-order valence-corrected chi connectivity index (χ4v) is 4.98. The maximum Gasteiger partial charge on any atom is 0.0337 e. The van der Waals surface area contributed by atoms with Gasteiger partial charge in [-0.05, 0) is 57.3 Å². The third kappa shape index (κ3) is 3.06. The van der Waals surface area contributed by atoms with Gasteiger partial charge in [-0.15, -0.1) is 0 Å². The molecule has 1 aliphatic carbocycles. The molecule has 2 fully saturated rings. The average molecular weight is 280 g/mol. The van der Waals surface area contributed by atoms with E-state index in [-0.39, 0.29) is 0 Å². The summed E-state index contributed by atoms with van der Waals surface area (Å²) in [5.74, 6) is 1.75. The highest BCUT2D eigenvalue weighted by Crippen LogP contribution is 2.42. The fraction of sp³-hybridized carbons (Fsp3) is 1.00. The van der Waals surface area contributed by atoms with Gasteiger partial charge in [0.05, 0.1) is 0 Å². The molecule has 118 valence electrons. The van der Waals surface area contributed by atoms with E-state index in [0.717, 1.165) is 30.5 Å². The van der Waals surface area contributed by atoms with Crippen LogP contribution in [-0.2, 0) is 0 Å². The van der Waals surface area contributed by atoms with Crippen LogP contribution >= 0.6 is 0 Å². The number of rotatable bonds is 4. The van der Waals surface area contributed by atoms with E-state index in [1.807, 2.05) is 0 Å². The highest BCUT2D eigenvalue weighted by molar-refractivity contribution is 5.01. The first-order valence-electron chi connectivity index (χ1n) is 9.02. The molecule has 0 amide bonds. The van der Waals surface area contributed by atoms with E-state index in [1.165, 1.54) is 51.4 Å². The smallest absolute Gasteiger partial charge is 0.0337 e. The van der Waals surface area contributed by atoms with E-state index in [1.54, 1.807) is 0 Å². The molecule has 2 heteroatoms. The molecule has 4 unspecified atom stereocenters. The summed E-state index contributed by atoms with van der Waals surface area (Å²) >= 11 is 0. The molecule has 2 nitrogen and oxygen atoms in total. The zero-order valence-corrected chi connectivity index (χ0v) is 14.2. The number of likely N-dealkylation sites (tertiary alicyclic amines) is 1. The van der Waals surface area contributed by atoms with Crippen molar-refractivity contribution < 1.29 is 0 Å². The Labute approximate surface area is 126 Å². The number of hydrogen-bond acceptors (Lipinski definition) is 2. The van der Waals surface area contributed by atoms with Crippen LogP contribution in [0.25, 0.3) is 0 Å². The predicted octanol–water partition coefficient (Wildman–Crippen LogP) is 4.18. The maximum absolute atomic E-state index is 6.35. The van der Waals surface area contributed by atoms with Gasteiger partial charge in [0.1, 0.15) is 0 Å². The summed E-state index contributed by atoms with van der Waals surface area (Å²) in [6.07, 6.45) is 10.9. The van der Waals surface area contributed by atoms with Crippen molar-refractivity contribution >= 4 is 0 Å². The van der Waals surface area contributed by atoms with E-state index >= 15 is 0 Å². The van der Waals surface area contributed by atoms with Crippen molar-refractivity contribution in [2.75, 3.05) is 6.54 Å². The van der Waals surface area contributed by atoms with Crippen LogP contribution in [0.2, 0.25) is 0 Å². The summed E-state index contributed by atoms with van der Waals surface area (Å²) in [4.78, 5) is 2.86. The lowest BCUT2D eigenvalue weighted by molar-refractivity contribution is 0.0319. The van der Waals surface area contributed by atoms with Crippen molar-refractivity contribution in [1.29, 1.82) is 0 Å². The van der Waals surface area contributed by atoms with Gasteiger partial charge in [-0.3, -0.25) is 4.90 Å². The molecule has 0 aromatic heterocycles. The van der Waals surface area contributed by atoms with Crippen molar-refractivity contribution in [2.24, 2.45) is 17.6 Å². The molecule has 1 saturated carbocycles. The van der Waals surface area contributed by atoms with Gasteiger partial charge >= 0.3 is 0 Å². The van der Waals surface area contributed by atoms with Crippen LogP contribution < -0.4 is 5.73 Å². The van der Waals surface area contributed by atoms with E-state index < -0.39 is 0 Å². The zero-order valence-electron chi connectivity index (χ0n) is 14.2. The molecule has 2 rings (SSSR count). The van der Waals surface area contributed by atoms with Gasteiger partial charge in [-0.1, -0.05) is 33.6 Å². The molecule has 0 aromatic rings. The Morgan fingerprint density at radius 3 is 2.50 bits per heavy atom. The minimum atomic E-state index is 0.306. The maximum atomic E-state index is 6.35. The van der Waals surface area contributed by atoms with Gasteiger partial charge in [0.25, 0.3) is 0 Å². The Bertz CT molecular complexity index is 302. The van der Waals surface area contributed by atoms with Gasteiger partial charge < -0.3 is 5.73 Å². The lowest BCUT2D eigenvalue weighted by atomic mass is 9.84. The minimum Gasteiger partial charge on any atom is -0.329 e. The molecule has 1 heterocycles. The standard InChI is InChI=1S/C18H36N2/c1-5-17-9-8-15(4)20(17)18(13-19)11-6-7-16(10-12-18)14(2)3/h14-17H,5-13,19H2,1-4H3. The van der Waals surface area contributed by atoms with Gasteiger partial charge in [-0.2, -0.15) is 0 Å². The number of hydrogen-bond donors (Lipinski definition) is 1. The molecule has 4 atom stereocenters. The van der Waals surface area contributed by atoms with Gasteiger partial charge in [0.2, 0.25) is 0 Å². The number of nitrogens with zero attached hydrogens (tertiary/aromatic N) is 1. The molecule has 2 aliphatic rings. The van der Waals surface area contributed by atoms with E-state index in [0.29, 0.717) is 5.54 Å². The first kappa shape index (κ1) is 16.3. The summed E-state index contributed by atoms with van der Waals surface area (Å²) in [7, 11) is 0. The zero-order chi connectivity index (χ0) is 14.8. The quantitative estimate of drug-likeness (QED) is 0.783. The molecular formula is C18H36N2. The Balaban J connectivity index is 2.16. The molecule has 1 saturated heterocycles. The lowest BCUT2D eigenvalue weighted by Crippen LogP contribution is -2.57. The van der Waals surface area contributed by atoms with Crippen LogP contribution in [0.4, 0.5) is 0 Å². The highest BCUT2D eigenvalue weighted by Gasteiger charge is 2.45. The Kier molecular flexibility index (Phi) is 5.53. The fourth-order valence-electron chi connectivity index (χ4n) is 4.98. The highest BCUT2D eigenvalue weighted by atomic mass is 15.3. The van der Waals surface area contributed by atoms with Crippen LogP contribution in [0.1, 0.15) is 79.1 Å². The topological polar surface area (TPSA) is 29.3 Å². The second kappa shape index (κ2) is 6.79. The van der Waals surface area contributed by atoms with Crippen molar-refractivity contribution in [2.45, 2.75) is 96.7 Å². The number of nitrogens with two attached hydrogens (primary N) is 1. The van der Waals surface area contributed by atoms with E-state index in [2.05, 4.69) is 32.6 Å².